The SMILES string of the molecule is CC(=O)NC1CCN(C(=O)C2CCCCC2)CC1. The van der Waals surface area contributed by atoms with Crippen LogP contribution in [0.25, 0.3) is 0 Å². The van der Waals surface area contributed by atoms with Crippen LogP contribution in [0.5, 0.6) is 0 Å². The van der Waals surface area contributed by atoms with Gasteiger partial charge >= 0.3 is 0 Å². The van der Waals surface area contributed by atoms with Gasteiger partial charge in [0.1, 0.15) is 0 Å². The summed E-state index contributed by atoms with van der Waals surface area (Å²) in [6, 6.07) is 0.262. The quantitative estimate of drug-likeness (QED) is 0.813. The number of likely N-dealkylation sites (tertiary alicyclic amines) is 1. The lowest BCUT2D eigenvalue weighted by Crippen LogP contribution is -2.47. The first-order chi connectivity index (χ1) is 8.66. The molecule has 0 aromatic carbocycles. The van der Waals surface area contributed by atoms with Crippen LogP contribution in [0.15, 0.2) is 0 Å². The highest BCUT2D eigenvalue weighted by atomic mass is 16.2. The molecule has 0 bridgehead atoms. The fraction of sp³-hybridized carbons (Fsp3) is 0.857. The van der Waals surface area contributed by atoms with Crippen LogP contribution in [0.3, 0.4) is 0 Å². The van der Waals surface area contributed by atoms with Crippen LogP contribution in [0.2, 0.25) is 0 Å². The Balaban J connectivity index is 1.78. The molecule has 102 valence electrons. The molecule has 0 unspecified atom stereocenters. The van der Waals surface area contributed by atoms with Crippen molar-refractivity contribution in [2.75, 3.05) is 13.1 Å². The molecular weight excluding hydrogens is 228 g/mol. The fourth-order valence-corrected chi connectivity index (χ4v) is 3.14. The normalized spacial score (nSPS) is 22.8. The third kappa shape index (κ3) is 3.47. The minimum Gasteiger partial charge on any atom is -0.353 e. The van der Waals surface area contributed by atoms with E-state index in [1.807, 2.05) is 4.90 Å². The molecule has 0 atom stereocenters. The lowest BCUT2D eigenvalue weighted by molar-refractivity contribution is -0.137. The molecule has 0 radical (unpaired) electrons. The largest absolute Gasteiger partial charge is 0.353 e. The van der Waals surface area contributed by atoms with Crippen LogP contribution >= 0.6 is 0 Å². The average Bonchev–Trinajstić information content (AvgIpc) is 2.39. The van der Waals surface area contributed by atoms with Crippen LogP contribution in [0.1, 0.15) is 51.9 Å². The molecule has 1 aliphatic carbocycles. The number of nitrogens with zero attached hydrogens (tertiary/aromatic N) is 1. The molecule has 1 N–H and O–H groups in total. The van der Waals surface area contributed by atoms with E-state index < -0.39 is 0 Å². The van der Waals surface area contributed by atoms with Gasteiger partial charge in [-0.2, -0.15) is 0 Å². The van der Waals surface area contributed by atoms with Crippen molar-refractivity contribution in [2.45, 2.75) is 57.9 Å². The van der Waals surface area contributed by atoms with Gasteiger partial charge in [-0.25, -0.2) is 0 Å². The van der Waals surface area contributed by atoms with E-state index in [-0.39, 0.29) is 17.9 Å². The number of rotatable bonds is 2. The van der Waals surface area contributed by atoms with Crippen LogP contribution < -0.4 is 5.32 Å². The summed E-state index contributed by atoms with van der Waals surface area (Å²) in [6.45, 7) is 3.17. The summed E-state index contributed by atoms with van der Waals surface area (Å²) < 4.78 is 0. The molecule has 18 heavy (non-hydrogen) atoms. The van der Waals surface area contributed by atoms with E-state index in [0.717, 1.165) is 38.8 Å². The van der Waals surface area contributed by atoms with Crippen LogP contribution in [0, 0.1) is 5.92 Å². The van der Waals surface area contributed by atoms with E-state index in [9.17, 15) is 9.59 Å². The van der Waals surface area contributed by atoms with Gasteiger partial charge in [0.25, 0.3) is 0 Å². The van der Waals surface area contributed by atoms with Gasteiger partial charge in [-0.15, -0.1) is 0 Å². The molecule has 2 fully saturated rings. The zero-order chi connectivity index (χ0) is 13.0. The van der Waals surface area contributed by atoms with Gasteiger partial charge in [0.05, 0.1) is 0 Å². The number of amides is 2. The Morgan fingerprint density at radius 2 is 1.61 bits per heavy atom. The van der Waals surface area contributed by atoms with Crippen LogP contribution in [0.4, 0.5) is 0 Å². The van der Waals surface area contributed by atoms with E-state index >= 15 is 0 Å². The van der Waals surface area contributed by atoms with Gasteiger partial charge in [-0.05, 0) is 25.7 Å². The Bertz CT molecular complexity index is 303. The number of hydrogen-bond donors (Lipinski definition) is 1. The van der Waals surface area contributed by atoms with E-state index in [2.05, 4.69) is 5.32 Å². The third-order valence-electron chi connectivity index (χ3n) is 4.17. The molecule has 1 aliphatic heterocycles. The lowest BCUT2D eigenvalue weighted by Gasteiger charge is -2.35. The van der Waals surface area contributed by atoms with Crippen molar-refractivity contribution in [3.05, 3.63) is 0 Å². The number of nitrogens with one attached hydrogen (secondary N) is 1. The van der Waals surface area contributed by atoms with Crippen molar-refractivity contribution in [3.63, 3.8) is 0 Å². The van der Waals surface area contributed by atoms with Crippen molar-refractivity contribution in [1.29, 1.82) is 0 Å². The molecule has 2 rings (SSSR count). The smallest absolute Gasteiger partial charge is 0.225 e. The average molecular weight is 252 g/mol. The molecule has 4 heteroatoms. The van der Waals surface area contributed by atoms with Crippen molar-refractivity contribution >= 4 is 11.8 Å². The first kappa shape index (κ1) is 13.4. The fourth-order valence-electron chi connectivity index (χ4n) is 3.14. The molecule has 0 aromatic heterocycles. The van der Waals surface area contributed by atoms with E-state index in [0.29, 0.717) is 5.91 Å². The molecule has 1 saturated carbocycles. The summed E-state index contributed by atoms with van der Waals surface area (Å²) in [6.07, 6.45) is 7.65. The minimum absolute atomic E-state index is 0.0343. The zero-order valence-corrected chi connectivity index (χ0v) is 11.3. The summed E-state index contributed by atoms with van der Waals surface area (Å²) in [7, 11) is 0. The topological polar surface area (TPSA) is 49.4 Å². The Kier molecular flexibility index (Phi) is 4.61. The van der Waals surface area contributed by atoms with E-state index in [4.69, 9.17) is 0 Å². The van der Waals surface area contributed by atoms with Gasteiger partial charge < -0.3 is 10.2 Å². The Hall–Kier alpha value is -1.06. The second kappa shape index (κ2) is 6.21. The van der Waals surface area contributed by atoms with Crippen molar-refractivity contribution in [3.8, 4) is 0 Å². The predicted molar refractivity (Wildman–Crippen MR) is 70.0 cm³/mol. The van der Waals surface area contributed by atoms with Gasteiger partial charge in [-0.1, -0.05) is 19.3 Å². The summed E-state index contributed by atoms with van der Waals surface area (Å²) in [5.74, 6) is 0.666. The van der Waals surface area contributed by atoms with Gasteiger partial charge in [-0.3, -0.25) is 9.59 Å². The maximum atomic E-state index is 12.3. The summed E-state index contributed by atoms with van der Waals surface area (Å²) in [5, 5.41) is 2.94. The third-order valence-corrected chi connectivity index (χ3v) is 4.17. The second-order valence-corrected chi connectivity index (χ2v) is 5.64. The maximum Gasteiger partial charge on any atom is 0.225 e. The molecule has 0 spiro atoms. The van der Waals surface area contributed by atoms with Gasteiger partial charge in [0.2, 0.25) is 11.8 Å². The predicted octanol–water partition coefficient (Wildman–Crippen LogP) is 1.69. The van der Waals surface area contributed by atoms with Gasteiger partial charge in [0.15, 0.2) is 0 Å². The summed E-state index contributed by atoms with van der Waals surface area (Å²) >= 11 is 0. The summed E-state index contributed by atoms with van der Waals surface area (Å²) in [5.41, 5.74) is 0. The second-order valence-electron chi connectivity index (χ2n) is 5.64. The Morgan fingerprint density at radius 3 is 2.17 bits per heavy atom. The maximum absolute atomic E-state index is 12.3. The highest BCUT2D eigenvalue weighted by Crippen LogP contribution is 2.26. The lowest BCUT2D eigenvalue weighted by atomic mass is 9.87. The molecule has 2 aliphatic rings. The monoisotopic (exact) mass is 252 g/mol. The van der Waals surface area contributed by atoms with E-state index in [1.54, 1.807) is 6.92 Å². The highest BCUT2D eigenvalue weighted by Gasteiger charge is 2.29. The number of carbonyl (C=O) groups is 2. The standard InChI is InChI=1S/C14H24N2O2/c1-11(17)15-13-7-9-16(10-8-13)14(18)12-5-3-2-4-6-12/h12-13H,2-10H2,1H3,(H,15,17). The molecule has 1 heterocycles. The van der Waals surface area contributed by atoms with Crippen molar-refractivity contribution in [1.82, 2.24) is 10.2 Å². The molecule has 2 amide bonds. The van der Waals surface area contributed by atoms with Crippen LogP contribution in [-0.4, -0.2) is 35.8 Å². The first-order valence-corrected chi connectivity index (χ1v) is 7.22. The highest BCUT2D eigenvalue weighted by molar-refractivity contribution is 5.79. The molecule has 4 nitrogen and oxygen atoms in total. The number of carbonyl (C=O) groups excluding carboxylic acids is 2. The molecule has 1 saturated heterocycles. The van der Waals surface area contributed by atoms with Crippen LogP contribution in [-0.2, 0) is 9.59 Å². The molecular formula is C14H24N2O2. The van der Waals surface area contributed by atoms with Crippen molar-refractivity contribution < 1.29 is 9.59 Å². The minimum atomic E-state index is 0.0343. The van der Waals surface area contributed by atoms with Gasteiger partial charge in [0, 0.05) is 32.0 Å². The van der Waals surface area contributed by atoms with E-state index in [1.165, 1.54) is 19.3 Å². The number of hydrogen-bond acceptors (Lipinski definition) is 2. The summed E-state index contributed by atoms with van der Waals surface area (Å²) in [4.78, 5) is 25.3. The zero-order valence-electron chi connectivity index (χ0n) is 11.3. The van der Waals surface area contributed by atoms with Crippen molar-refractivity contribution in [2.24, 2.45) is 5.92 Å². The molecule has 0 aromatic rings. The Morgan fingerprint density at radius 1 is 1.00 bits per heavy atom. The first-order valence-electron chi connectivity index (χ1n) is 7.22. The number of piperidine rings is 1. The Labute approximate surface area is 109 Å².